The highest BCUT2D eigenvalue weighted by molar-refractivity contribution is 7.10. The molecule has 0 bridgehead atoms. The number of thiophene rings is 1. The molecule has 2 unspecified atom stereocenters. The van der Waals surface area contributed by atoms with Gasteiger partial charge in [0.25, 0.3) is 0 Å². The van der Waals surface area contributed by atoms with Crippen LogP contribution in [0.3, 0.4) is 0 Å². The summed E-state index contributed by atoms with van der Waals surface area (Å²) in [7, 11) is 0. The van der Waals surface area contributed by atoms with Crippen LogP contribution in [0.15, 0.2) is 66.0 Å². The summed E-state index contributed by atoms with van der Waals surface area (Å²) in [5.41, 5.74) is 3.97. The Hall–Kier alpha value is -3.00. The largest absolute Gasteiger partial charge is 0.379 e. The van der Waals surface area contributed by atoms with Crippen molar-refractivity contribution in [3.8, 4) is 0 Å². The van der Waals surface area contributed by atoms with Gasteiger partial charge in [-0.25, -0.2) is 0 Å². The number of hydrogen-bond donors (Lipinski definition) is 1. The first-order valence-corrected chi connectivity index (χ1v) is 13.1. The van der Waals surface area contributed by atoms with Gasteiger partial charge in [0, 0.05) is 42.3 Å². The first kappa shape index (κ1) is 23.7. The van der Waals surface area contributed by atoms with Gasteiger partial charge in [0.15, 0.2) is 0 Å². The molecule has 2 aromatic carbocycles. The van der Waals surface area contributed by atoms with E-state index in [1.54, 1.807) is 11.3 Å². The maximum Gasteiger partial charge on any atom is 0.229 e. The van der Waals surface area contributed by atoms with E-state index in [4.69, 9.17) is 4.74 Å². The van der Waals surface area contributed by atoms with Gasteiger partial charge >= 0.3 is 0 Å². The predicted molar refractivity (Wildman–Crippen MR) is 140 cm³/mol. The second-order valence-corrected chi connectivity index (χ2v) is 10.3. The Bertz CT molecular complexity index is 1140. The molecule has 0 saturated carbocycles. The van der Waals surface area contributed by atoms with Crippen LogP contribution in [-0.4, -0.2) is 43.0 Å². The molecule has 2 fully saturated rings. The van der Waals surface area contributed by atoms with Crippen molar-refractivity contribution in [2.75, 3.05) is 36.5 Å². The minimum atomic E-state index is -0.333. The summed E-state index contributed by atoms with van der Waals surface area (Å²) in [6.45, 7) is 6.36. The topological polar surface area (TPSA) is 61.9 Å². The van der Waals surface area contributed by atoms with Gasteiger partial charge in [-0.1, -0.05) is 35.9 Å². The van der Waals surface area contributed by atoms with Gasteiger partial charge in [-0.15, -0.1) is 11.3 Å². The minimum absolute atomic E-state index is 0.0473. The Morgan fingerprint density at radius 1 is 1.06 bits per heavy atom. The smallest absolute Gasteiger partial charge is 0.229 e. The molecule has 0 radical (unpaired) electrons. The second-order valence-electron chi connectivity index (χ2n) is 9.28. The lowest BCUT2D eigenvalue weighted by Crippen LogP contribution is -2.46. The molecule has 2 atom stereocenters. The molecule has 1 N–H and O–H groups in total. The molecular formula is C28H31N3O3S. The van der Waals surface area contributed by atoms with Gasteiger partial charge in [0.1, 0.15) is 0 Å². The molecule has 182 valence electrons. The van der Waals surface area contributed by atoms with Crippen molar-refractivity contribution in [3.63, 3.8) is 0 Å². The SMILES string of the molecule is Cc1ccc(N2C(=O)CCC(C(=O)Nc3ccc(CN4CCOCC4)cc3)C2c2cccs2)cc1. The van der Waals surface area contributed by atoms with E-state index < -0.39 is 0 Å². The third-order valence-electron chi connectivity index (χ3n) is 6.81. The highest BCUT2D eigenvalue weighted by atomic mass is 32.1. The summed E-state index contributed by atoms with van der Waals surface area (Å²) in [5.74, 6) is -0.321. The molecule has 6 nitrogen and oxygen atoms in total. The number of benzene rings is 2. The lowest BCUT2D eigenvalue weighted by Gasteiger charge is -2.40. The highest BCUT2D eigenvalue weighted by Gasteiger charge is 2.42. The Morgan fingerprint density at radius 2 is 1.80 bits per heavy atom. The molecule has 7 heteroatoms. The van der Waals surface area contributed by atoms with Crippen LogP contribution < -0.4 is 10.2 Å². The van der Waals surface area contributed by atoms with Crippen LogP contribution in [0.1, 0.15) is 34.9 Å². The molecule has 3 aromatic rings. The molecule has 3 heterocycles. The standard InChI is InChI=1S/C28H31N3O3S/c1-20-4-10-23(11-5-20)31-26(32)13-12-24(27(31)25-3-2-18-35-25)28(33)29-22-8-6-21(7-9-22)19-30-14-16-34-17-15-30/h2-11,18,24,27H,12-17,19H2,1H3,(H,29,33). The van der Waals surface area contributed by atoms with Crippen LogP contribution in [0.2, 0.25) is 0 Å². The molecule has 2 amide bonds. The molecule has 0 aliphatic carbocycles. The maximum absolute atomic E-state index is 13.5. The van der Waals surface area contributed by atoms with Crippen LogP contribution >= 0.6 is 11.3 Å². The molecule has 2 aliphatic rings. The van der Waals surface area contributed by atoms with Crippen molar-refractivity contribution < 1.29 is 14.3 Å². The zero-order valence-corrected chi connectivity index (χ0v) is 20.8. The number of carbonyl (C=O) groups excluding carboxylic acids is 2. The lowest BCUT2D eigenvalue weighted by atomic mass is 9.86. The fourth-order valence-corrected chi connectivity index (χ4v) is 5.79. The molecule has 0 spiro atoms. The third kappa shape index (κ3) is 5.48. The van der Waals surface area contributed by atoms with Crippen molar-refractivity contribution in [1.82, 2.24) is 4.90 Å². The number of nitrogens with one attached hydrogen (secondary N) is 1. The molecule has 2 aliphatic heterocycles. The van der Waals surface area contributed by atoms with Crippen LogP contribution in [0, 0.1) is 12.8 Å². The summed E-state index contributed by atoms with van der Waals surface area (Å²) < 4.78 is 5.43. The van der Waals surface area contributed by atoms with Crippen molar-refractivity contribution in [1.29, 1.82) is 0 Å². The number of nitrogens with zero attached hydrogens (tertiary/aromatic N) is 2. The number of piperidine rings is 1. The van der Waals surface area contributed by atoms with Crippen LogP contribution in [0.25, 0.3) is 0 Å². The van der Waals surface area contributed by atoms with Gasteiger partial charge in [-0.05, 0) is 54.6 Å². The van der Waals surface area contributed by atoms with E-state index in [2.05, 4.69) is 22.3 Å². The zero-order valence-electron chi connectivity index (χ0n) is 20.0. The van der Waals surface area contributed by atoms with E-state index in [-0.39, 0.29) is 23.8 Å². The maximum atomic E-state index is 13.5. The normalized spacial score (nSPS) is 21.2. The molecule has 5 rings (SSSR count). The van der Waals surface area contributed by atoms with Crippen LogP contribution in [0.4, 0.5) is 11.4 Å². The van der Waals surface area contributed by atoms with Gasteiger partial charge < -0.3 is 15.0 Å². The van der Waals surface area contributed by atoms with Crippen LogP contribution in [0.5, 0.6) is 0 Å². The number of morpholine rings is 1. The number of aryl methyl sites for hydroxylation is 1. The lowest BCUT2D eigenvalue weighted by molar-refractivity contribution is -0.125. The quantitative estimate of drug-likeness (QED) is 0.529. The molecule has 2 saturated heterocycles. The average molecular weight is 490 g/mol. The number of amides is 2. The molecule has 1 aromatic heterocycles. The van der Waals surface area contributed by atoms with E-state index in [9.17, 15) is 9.59 Å². The second kappa shape index (κ2) is 10.7. The van der Waals surface area contributed by atoms with Gasteiger partial charge in [0.05, 0.1) is 25.2 Å². The summed E-state index contributed by atoms with van der Waals surface area (Å²) in [4.78, 5) is 31.9. The summed E-state index contributed by atoms with van der Waals surface area (Å²) in [5, 5.41) is 5.13. The fraction of sp³-hybridized carbons (Fsp3) is 0.357. The molecule has 35 heavy (non-hydrogen) atoms. The number of carbonyl (C=O) groups is 2. The van der Waals surface area contributed by atoms with Crippen LogP contribution in [-0.2, 0) is 20.9 Å². The molecular weight excluding hydrogens is 458 g/mol. The van der Waals surface area contributed by atoms with Crippen molar-refractivity contribution >= 4 is 34.5 Å². The number of rotatable bonds is 6. The zero-order chi connectivity index (χ0) is 24.2. The van der Waals surface area contributed by atoms with E-state index in [0.29, 0.717) is 12.8 Å². The van der Waals surface area contributed by atoms with Gasteiger partial charge in [-0.3, -0.25) is 14.5 Å². The van der Waals surface area contributed by atoms with Crippen molar-refractivity contribution in [3.05, 3.63) is 82.0 Å². The fourth-order valence-electron chi connectivity index (χ4n) is 4.91. The Labute approximate surface area is 210 Å². The van der Waals surface area contributed by atoms with Crippen molar-refractivity contribution in [2.24, 2.45) is 5.92 Å². The first-order valence-electron chi connectivity index (χ1n) is 12.2. The van der Waals surface area contributed by atoms with E-state index in [1.165, 1.54) is 5.56 Å². The highest BCUT2D eigenvalue weighted by Crippen LogP contribution is 2.42. The first-order chi connectivity index (χ1) is 17.1. The monoisotopic (exact) mass is 489 g/mol. The minimum Gasteiger partial charge on any atom is -0.379 e. The average Bonchev–Trinajstić information content (AvgIpc) is 3.41. The van der Waals surface area contributed by atoms with E-state index in [1.807, 2.05) is 65.7 Å². The number of anilines is 2. The number of ether oxygens (including phenoxy) is 1. The summed E-state index contributed by atoms with van der Waals surface area (Å²) >= 11 is 1.59. The van der Waals surface area contributed by atoms with Crippen molar-refractivity contribution in [2.45, 2.75) is 32.4 Å². The summed E-state index contributed by atoms with van der Waals surface area (Å²) in [6, 6.07) is 19.7. The predicted octanol–water partition coefficient (Wildman–Crippen LogP) is 5.01. The third-order valence-corrected chi connectivity index (χ3v) is 7.76. The van der Waals surface area contributed by atoms with E-state index >= 15 is 0 Å². The number of hydrogen-bond acceptors (Lipinski definition) is 5. The van der Waals surface area contributed by atoms with Gasteiger partial charge in [-0.2, -0.15) is 0 Å². The Kier molecular flexibility index (Phi) is 7.27. The summed E-state index contributed by atoms with van der Waals surface area (Å²) in [6.07, 6.45) is 0.886. The Balaban J connectivity index is 1.34. The van der Waals surface area contributed by atoms with Gasteiger partial charge in [0.2, 0.25) is 11.8 Å². The Morgan fingerprint density at radius 3 is 2.49 bits per heavy atom. The van der Waals surface area contributed by atoms with E-state index in [0.717, 1.165) is 54.7 Å².